The quantitative estimate of drug-likeness (QED) is 0.563. The van der Waals surface area contributed by atoms with Crippen LogP contribution in [-0.4, -0.2) is 86.5 Å². The monoisotopic (exact) mass is 437 g/mol. The maximum atomic E-state index is 12.9. The molecule has 2 saturated heterocycles. The minimum atomic E-state index is -3.33. The van der Waals surface area contributed by atoms with E-state index in [1.165, 1.54) is 9.87 Å². The van der Waals surface area contributed by atoms with Crippen LogP contribution < -0.4 is 0 Å². The molecule has 2 heterocycles. The summed E-state index contributed by atoms with van der Waals surface area (Å²) in [5.74, 6) is -0.354. The van der Waals surface area contributed by atoms with Crippen molar-refractivity contribution in [3.05, 3.63) is 35.4 Å². The van der Waals surface area contributed by atoms with E-state index in [1.54, 1.807) is 16.9 Å². The smallest absolute Gasteiger partial charge is 0.228 e. The first kappa shape index (κ1) is 22.7. The van der Waals surface area contributed by atoms with Gasteiger partial charge in [-0.05, 0) is 18.9 Å². The maximum Gasteiger partial charge on any atom is 0.228 e. The molecule has 0 aliphatic carbocycles. The summed E-state index contributed by atoms with van der Waals surface area (Å²) in [6, 6.07) is 8.04. The summed E-state index contributed by atoms with van der Waals surface area (Å²) in [7, 11) is -1.78. The number of hydrogen-bond acceptors (Lipinski definition) is 5. The van der Waals surface area contributed by atoms with Gasteiger partial charge in [0.2, 0.25) is 21.8 Å². The number of carbonyl (C=O) groups excluding carboxylic acids is 2. The molecule has 3 rings (SSSR count). The Morgan fingerprint density at radius 2 is 1.80 bits per heavy atom. The van der Waals surface area contributed by atoms with Crippen molar-refractivity contribution in [3.8, 4) is 0 Å². The van der Waals surface area contributed by atoms with Crippen LogP contribution in [0.3, 0.4) is 0 Å². The Morgan fingerprint density at radius 3 is 2.43 bits per heavy atom. The van der Waals surface area contributed by atoms with Crippen LogP contribution in [0.5, 0.6) is 0 Å². The zero-order valence-corrected chi connectivity index (χ0v) is 18.6. The predicted octanol–water partition coefficient (Wildman–Crippen LogP) is 0.854. The highest BCUT2D eigenvalue weighted by molar-refractivity contribution is 7.89. The van der Waals surface area contributed by atoms with Crippen molar-refractivity contribution in [1.82, 2.24) is 14.1 Å². The van der Waals surface area contributed by atoms with Gasteiger partial charge in [0.05, 0.1) is 11.7 Å². The minimum Gasteiger partial charge on any atom is -0.385 e. The lowest BCUT2D eigenvalue weighted by molar-refractivity contribution is -0.137. The lowest BCUT2D eigenvalue weighted by Crippen LogP contribution is -2.52. The molecule has 0 radical (unpaired) electrons. The molecule has 1 aromatic carbocycles. The molecule has 9 heteroatoms. The average Bonchev–Trinajstić information content (AvgIpc) is 3.09. The van der Waals surface area contributed by atoms with E-state index < -0.39 is 10.0 Å². The Balaban J connectivity index is 1.50. The molecule has 2 fully saturated rings. The minimum absolute atomic E-state index is 0.00622. The molecular formula is C21H31N3O5S. The van der Waals surface area contributed by atoms with Gasteiger partial charge in [-0.15, -0.1) is 0 Å². The van der Waals surface area contributed by atoms with Gasteiger partial charge in [-0.2, -0.15) is 4.31 Å². The molecule has 166 valence electrons. The van der Waals surface area contributed by atoms with Crippen molar-refractivity contribution in [2.75, 3.05) is 52.2 Å². The summed E-state index contributed by atoms with van der Waals surface area (Å²) in [5.41, 5.74) is 2.22. The van der Waals surface area contributed by atoms with E-state index in [-0.39, 0.29) is 29.9 Å². The molecule has 0 saturated carbocycles. The van der Waals surface area contributed by atoms with E-state index in [0.717, 1.165) is 5.56 Å². The van der Waals surface area contributed by atoms with E-state index in [0.29, 0.717) is 52.3 Å². The number of likely N-dealkylation sites (tertiary alicyclic amines) is 1. The Morgan fingerprint density at radius 1 is 1.13 bits per heavy atom. The van der Waals surface area contributed by atoms with E-state index in [2.05, 4.69) is 0 Å². The molecule has 8 nitrogen and oxygen atoms in total. The summed E-state index contributed by atoms with van der Waals surface area (Å²) < 4.78 is 31.2. The van der Waals surface area contributed by atoms with Crippen LogP contribution in [0.2, 0.25) is 0 Å². The number of sulfonamides is 1. The zero-order chi connectivity index (χ0) is 21.7. The highest BCUT2D eigenvalue weighted by Gasteiger charge is 2.38. The number of aryl methyl sites for hydroxylation is 1. The highest BCUT2D eigenvalue weighted by atomic mass is 32.2. The van der Waals surface area contributed by atoms with Crippen LogP contribution >= 0.6 is 0 Å². The summed E-state index contributed by atoms with van der Waals surface area (Å²) in [6.07, 6.45) is 0.680. The summed E-state index contributed by atoms with van der Waals surface area (Å²) in [4.78, 5) is 28.8. The molecule has 30 heavy (non-hydrogen) atoms. The number of rotatable bonds is 8. The van der Waals surface area contributed by atoms with Gasteiger partial charge in [-0.25, -0.2) is 8.42 Å². The normalized spacial score (nSPS) is 20.7. The first-order valence-electron chi connectivity index (χ1n) is 10.4. The molecule has 2 aliphatic rings. The highest BCUT2D eigenvalue weighted by Crippen LogP contribution is 2.23. The van der Waals surface area contributed by atoms with Gasteiger partial charge in [-0.3, -0.25) is 9.59 Å². The molecule has 1 atom stereocenters. The molecule has 0 N–H and O–H groups in total. The molecule has 0 aromatic heterocycles. The Hall–Kier alpha value is -1.97. The number of piperazine rings is 1. The first-order chi connectivity index (χ1) is 14.3. The van der Waals surface area contributed by atoms with Gasteiger partial charge in [0.1, 0.15) is 0 Å². The van der Waals surface area contributed by atoms with Gasteiger partial charge in [0, 0.05) is 59.4 Å². The van der Waals surface area contributed by atoms with Crippen molar-refractivity contribution in [2.24, 2.45) is 5.92 Å². The van der Waals surface area contributed by atoms with Crippen LogP contribution in [0.15, 0.2) is 24.3 Å². The van der Waals surface area contributed by atoms with Crippen LogP contribution in [0, 0.1) is 12.8 Å². The van der Waals surface area contributed by atoms with Gasteiger partial charge >= 0.3 is 0 Å². The number of amides is 2. The second-order valence-electron chi connectivity index (χ2n) is 8.05. The van der Waals surface area contributed by atoms with Crippen LogP contribution in [-0.2, 0) is 30.9 Å². The summed E-state index contributed by atoms with van der Waals surface area (Å²) >= 11 is 0. The second kappa shape index (κ2) is 9.89. The molecule has 2 amide bonds. The van der Waals surface area contributed by atoms with Crippen molar-refractivity contribution in [3.63, 3.8) is 0 Å². The van der Waals surface area contributed by atoms with Crippen LogP contribution in [0.4, 0.5) is 0 Å². The first-order valence-corrected chi connectivity index (χ1v) is 12.0. The lowest BCUT2D eigenvalue weighted by atomic mass is 10.1. The number of carbonyl (C=O) groups is 2. The van der Waals surface area contributed by atoms with Gasteiger partial charge in [0.15, 0.2) is 0 Å². The third-order valence-electron chi connectivity index (χ3n) is 5.75. The molecule has 0 unspecified atom stereocenters. The molecule has 0 bridgehead atoms. The van der Waals surface area contributed by atoms with Crippen LogP contribution in [0.1, 0.15) is 24.0 Å². The number of methoxy groups -OCH3 is 1. The third kappa shape index (κ3) is 5.59. The standard InChI is InChI=1S/C21H31N3O5S/c1-17-4-6-18(7-5-17)15-23-16-19(14-20(23)25)21(26)22-8-10-24(11-9-22)30(27,28)13-3-12-29-2/h4-7,19H,3,8-16H2,1-2H3/t19-/m1/s1. The number of benzene rings is 1. The van der Waals surface area contributed by atoms with E-state index in [4.69, 9.17) is 4.74 Å². The van der Waals surface area contributed by atoms with Gasteiger partial charge in [-0.1, -0.05) is 29.8 Å². The van der Waals surface area contributed by atoms with Crippen LogP contribution in [0.25, 0.3) is 0 Å². The lowest BCUT2D eigenvalue weighted by Gasteiger charge is -2.35. The fraction of sp³-hybridized carbons (Fsp3) is 0.619. The SMILES string of the molecule is COCCCS(=O)(=O)N1CCN(C(=O)[C@@H]2CC(=O)N(Cc3ccc(C)cc3)C2)CC1. The molecule has 0 spiro atoms. The Bertz CT molecular complexity index is 848. The predicted molar refractivity (Wildman–Crippen MR) is 113 cm³/mol. The Kier molecular flexibility index (Phi) is 7.49. The molecular weight excluding hydrogens is 406 g/mol. The molecule has 2 aliphatic heterocycles. The van der Waals surface area contributed by atoms with Gasteiger partial charge < -0.3 is 14.5 Å². The fourth-order valence-electron chi connectivity index (χ4n) is 3.96. The molecule has 1 aromatic rings. The fourth-order valence-corrected chi connectivity index (χ4v) is 5.42. The topological polar surface area (TPSA) is 87.2 Å². The number of nitrogens with zero attached hydrogens (tertiary/aromatic N) is 3. The van der Waals surface area contributed by atoms with Crippen molar-refractivity contribution in [2.45, 2.75) is 26.3 Å². The Labute approximate surface area is 178 Å². The van der Waals surface area contributed by atoms with Crippen molar-refractivity contribution >= 4 is 21.8 Å². The largest absolute Gasteiger partial charge is 0.385 e. The van der Waals surface area contributed by atoms with E-state index in [1.807, 2.05) is 31.2 Å². The average molecular weight is 438 g/mol. The second-order valence-corrected chi connectivity index (χ2v) is 10.1. The number of hydrogen-bond donors (Lipinski definition) is 0. The van der Waals surface area contributed by atoms with E-state index in [9.17, 15) is 18.0 Å². The van der Waals surface area contributed by atoms with E-state index >= 15 is 0 Å². The number of ether oxygens (including phenoxy) is 1. The van der Waals surface area contributed by atoms with Crippen molar-refractivity contribution < 1.29 is 22.7 Å². The third-order valence-corrected chi connectivity index (χ3v) is 7.71. The maximum absolute atomic E-state index is 12.9. The van der Waals surface area contributed by atoms with Crippen molar-refractivity contribution in [1.29, 1.82) is 0 Å². The summed E-state index contributed by atoms with van der Waals surface area (Å²) in [6.45, 7) is 4.69. The summed E-state index contributed by atoms with van der Waals surface area (Å²) in [5, 5.41) is 0. The zero-order valence-electron chi connectivity index (χ0n) is 17.7. The van der Waals surface area contributed by atoms with Gasteiger partial charge in [0.25, 0.3) is 0 Å².